The average molecular weight is 326 g/mol. The number of aryl methyl sites for hydroxylation is 1. The van der Waals surface area contributed by atoms with Crippen molar-refractivity contribution in [2.75, 3.05) is 13.2 Å². The minimum Gasteiger partial charge on any atom is -0.506 e. The van der Waals surface area contributed by atoms with E-state index in [4.69, 9.17) is 27.9 Å². The predicted octanol–water partition coefficient (Wildman–Crippen LogP) is 4.18. The molecular weight excluding hydrogens is 309 g/mol. The molecule has 0 aliphatic rings. The summed E-state index contributed by atoms with van der Waals surface area (Å²) in [6, 6.07) is 11.1. The van der Waals surface area contributed by atoms with Gasteiger partial charge in [-0.05, 0) is 36.8 Å². The van der Waals surface area contributed by atoms with Crippen molar-refractivity contribution < 1.29 is 9.84 Å². The van der Waals surface area contributed by atoms with Crippen LogP contribution in [0.25, 0.3) is 0 Å². The van der Waals surface area contributed by atoms with Crippen LogP contribution in [0.1, 0.15) is 11.1 Å². The van der Waals surface area contributed by atoms with Crippen molar-refractivity contribution in [3.63, 3.8) is 0 Å². The lowest BCUT2D eigenvalue weighted by Crippen LogP contribution is -2.20. The van der Waals surface area contributed by atoms with Gasteiger partial charge >= 0.3 is 0 Å². The van der Waals surface area contributed by atoms with Crippen LogP contribution in [0, 0.1) is 6.92 Å². The third-order valence-electron chi connectivity index (χ3n) is 2.96. The normalized spacial score (nSPS) is 10.6. The maximum Gasteiger partial charge on any atom is 0.138 e. The van der Waals surface area contributed by atoms with E-state index < -0.39 is 0 Å². The number of rotatable bonds is 6. The molecule has 2 aromatic rings. The van der Waals surface area contributed by atoms with Crippen LogP contribution in [0.5, 0.6) is 11.5 Å². The lowest BCUT2D eigenvalue weighted by molar-refractivity contribution is 0.313. The second-order valence-corrected chi connectivity index (χ2v) is 5.58. The van der Waals surface area contributed by atoms with Crippen LogP contribution in [-0.4, -0.2) is 18.3 Å². The Bertz CT molecular complexity index is 617. The monoisotopic (exact) mass is 325 g/mol. The fraction of sp³-hybridized carbons (Fsp3) is 0.250. The summed E-state index contributed by atoms with van der Waals surface area (Å²) in [7, 11) is 0. The molecule has 2 rings (SSSR count). The minimum atomic E-state index is 0.0631. The van der Waals surface area contributed by atoms with Crippen molar-refractivity contribution >= 4 is 23.2 Å². The van der Waals surface area contributed by atoms with E-state index in [1.165, 1.54) is 11.6 Å². The van der Waals surface area contributed by atoms with Crippen LogP contribution in [0.3, 0.4) is 0 Å². The summed E-state index contributed by atoms with van der Waals surface area (Å²) in [6.45, 7) is 3.69. The first-order chi connectivity index (χ1) is 10.1. The van der Waals surface area contributed by atoms with E-state index in [0.717, 1.165) is 5.75 Å². The molecule has 0 atom stereocenters. The SMILES string of the molecule is Cc1cccc(OCCNCc2cc(Cl)cc(Cl)c2O)c1. The van der Waals surface area contributed by atoms with Gasteiger partial charge in [0, 0.05) is 23.7 Å². The second-order valence-electron chi connectivity index (χ2n) is 4.74. The summed E-state index contributed by atoms with van der Waals surface area (Å²) >= 11 is 11.8. The van der Waals surface area contributed by atoms with Crippen LogP contribution in [0.2, 0.25) is 10.0 Å². The zero-order chi connectivity index (χ0) is 15.2. The van der Waals surface area contributed by atoms with E-state index >= 15 is 0 Å². The van der Waals surface area contributed by atoms with E-state index in [-0.39, 0.29) is 10.8 Å². The zero-order valence-electron chi connectivity index (χ0n) is 11.7. The van der Waals surface area contributed by atoms with Gasteiger partial charge in [0.25, 0.3) is 0 Å². The Morgan fingerprint density at radius 2 is 2.00 bits per heavy atom. The summed E-state index contributed by atoms with van der Waals surface area (Å²) < 4.78 is 5.63. The van der Waals surface area contributed by atoms with E-state index in [9.17, 15) is 5.11 Å². The third kappa shape index (κ3) is 4.81. The lowest BCUT2D eigenvalue weighted by Gasteiger charge is -2.10. The number of nitrogens with one attached hydrogen (secondary N) is 1. The largest absolute Gasteiger partial charge is 0.506 e. The highest BCUT2D eigenvalue weighted by molar-refractivity contribution is 6.35. The molecule has 0 saturated heterocycles. The average Bonchev–Trinajstić information content (AvgIpc) is 2.43. The minimum absolute atomic E-state index is 0.0631. The number of ether oxygens (including phenoxy) is 1. The van der Waals surface area contributed by atoms with Crippen molar-refractivity contribution in [3.05, 3.63) is 57.6 Å². The van der Waals surface area contributed by atoms with Crippen LogP contribution in [-0.2, 0) is 6.54 Å². The lowest BCUT2D eigenvalue weighted by atomic mass is 10.2. The quantitative estimate of drug-likeness (QED) is 0.783. The molecular formula is C16H17Cl2NO2. The van der Waals surface area contributed by atoms with Crippen molar-refractivity contribution in [2.45, 2.75) is 13.5 Å². The summed E-state index contributed by atoms with van der Waals surface area (Å²) in [4.78, 5) is 0. The molecule has 0 amide bonds. The first-order valence-electron chi connectivity index (χ1n) is 6.63. The summed E-state index contributed by atoms with van der Waals surface area (Å²) in [5, 5.41) is 13.8. The van der Waals surface area contributed by atoms with E-state index in [0.29, 0.717) is 30.3 Å². The van der Waals surface area contributed by atoms with Crippen molar-refractivity contribution in [3.8, 4) is 11.5 Å². The molecule has 0 unspecified atom stereocenters. The van der Waals surface area contributed by atoms with E-state index in [1.807, 2.05) is 31.2 Å². The highest BCUT2D eigenvalue weighted by Gasteiger charge is 2.07. The molecule has 2 N–H and O–H groups in total. The Labute approximate surface area is 134 Å². The van der Waals surface area contributed by atoms with Gasteiger partial charge in [-0.15, -0.1) is 0 Å². The number of hydrogen-bond acceptors (Lipinski definition) is 3. The molecule has 3 nitrogen and oxygen atoms in total. The Kier molecular flexibility index (Phi) is 5.74. The number of halogens is 2. The van der Waals surface area contributed by atoms with Gasteiger partial charge in [-0.1, -0.05) is 35.3 Å². The van der Waals surface area contributed by atoms with Gasteiger partial charge in [0.1, 0.15) is 18.1 Å². The molecule has 0 spiro atoms. The van der Waals surface area contributed by atoms with Crippen molar-refractivity contribution in [1.29, 1.82) is 0 Å². The first kappa shape index (κ1) is 16.0. The van der Waals surface area contributed by atoms with Gasteiger partial charge < -0.3 is 15.2 Å². The maximum atomic E-state index is 9.83. The summed E-state index contributed by atoms with van der Waals surface area (Å²) in [5.74, 6) is 0.915. The summed E-state index contributed by atoms with van der Waals surface area (Å²) in [6.07, 6.45) is 0. The molecule has 0 saturated carbocycles. The van der Waals surface area contributed by atoms with E-state index in [2.05, 4.69) is 5.32 Å². The topological polar surface area (TPSA) is 41.5 Å². The molecule has 0 aliphatic carbocycles. The van der Waals surface area contributed by atoms with Gasteiger partial charge in [0.05, 0.1) is 5.02 Å². The standard InChI is InChI=1S/C16H17Cl2NO2/c1-11-3-2-4-14(7-11)21-6-5-19-10-12-8-13(17)9-15(18)16(12)20/h2-4,7-9,19-20H,5-6,10H2,1H3. The Balaban J connectivity index is 1.78. The highest BCUT2D eigenvalue weighted by Crippen LogP contribution is 2.30. The van der Waals surface area contributed by atoms with Crippen LogP contribution in [0.15, 0.2) is 36.4 Å². The molecule has 2 aromatic carbocycles. The molecule has 0 aliphatic heterocycles. The fourth-order valence-electron chi connectivity index (χ4n) is 1.92. The maximum absolute atomic E-state index is 9.83. The van der Waals surface area contributed by atoms with Gasteiger partial charge in [0.15, 0.2) is 0 Å². The number of benzene rings is 2. The fourth-order valence-corrected chi connectivity index (χ4v) is 2.46. The number of aromatic hydroxyl groups is 1. The second kappa shape index (κ2) is 7.55. The van der Waals surface area contributed by atoms with Gasteiger partial charge in [-0.25, -0.2) is 0 Å². The molecule has 0 radical (unpaired) electrons. The first-order valence-corrected chi connectivity index (χ1v) is 7.39. The molecule has 0 aromatic heterocycles. The number of phenolic OH excluding ortho intramolecular Hbond substituents is 1. The zero-order valence-corrected chi connectivity index (χ0v) is 13.2. The Morgan fingerprint density at radius 1 is 1.19 bits per heavy atom. The van der Waals surface area contributed by atoms with Crippen molar-refractivity contribution in [1.82, 2.24) is 5.32 Å². The number of hydrogen-bond donors (Lipinski definition) is 2. The van der Waals surface area contributed by atoms with Crippen LogP contribution < -0.4 is 10.1 Å². The molecule has 0 bridgehead atoms. The van der Waals surface area contributed by atoms with Gasteiger partial charge in [-0.2, -0.15) is 0 Å². The Hall–Kier alpha value is -1.42. The summed E-state index contributed by atoms with van der Waals surface area (Å²) in [5.41, 5.74) is 1.84. The smallest absolute Gasteiger partial charge is 0.138 e. The molecule has 5 heteroatoms. The molecule has 0 heterocycles. The van der Waals surface area contributed by atoms with Crippen molar-refractivity contribution in [2.24, 2.45) is 0 Å². The predicted molar refractivity (Wildman–Crippen MR) is 86.5 cm³/mol. The van der Waals surface area contributed by atoms with Crippen LogP contribution >= 0.6 is 23.2 Å². The molecule has 21 heavy (non-hydrogen) atoms. The molecule has 0 fully saturated rings. The number of phenols is 1. The Morgan fingerprint density at radius 3 is 2.76 bits per heavy atom. The third-order valence-corrected chi connectivity index (χ3v) is 3.47. The van der Waals surface area contributed by atoms with Gasteiger partial charge in [-0.3, -0.25) is 0 Å². The van der Waals surface area contributed by atoms with Crippen LogP contribution in [0.4, 0.5) is 0 Å². The molecule has 112 valence electrons. The highest BCUT2D eigenvalue weighted by atomic mass is 35.5. The van der Waals surface area contributed by atoms with E-state index in [1.54, 1.807) is 6.07 Å². The van der Waals surface area contributed by atoms with Gasteiger partial charge in [0.2, 0.25) is 0 Å².